The molecule has 142 heavy (non-hydrogen) atoms. The second-order valence-corrected chi connectivity index (χ2v) is 36.8. The number of nitrogens with two attached hydrogens (primary N) is 5. The van der Waals surface area contributed by atoms with Crippen LogP contribution in [-0.2, 0) is 115 Å². The Hall–Kier alpha value is -12.6. The molecule has 0 fully saturated rings. The molecule has 0 bridgehead atoms. The van der Waals surface area contributed by atoms with Crippen LogP contribution >= 0.6 is 11.6 Å². The molecule has 20 amide bonds. The number of aliphatic carboxylic acids is 4. The molecule has 0 rings (SSSR count). The van der Waals surface area contributed by atoms with Crippen LogP contribution in [0.2, 0.25) is 0 Å². The van der Waals surface area contributed by atoms with Crippen molar-refractivity contribution in [1.29, 1.82) is 0 Å². The number of alkyl halides is 1. The van der Waals surface area contributed by atoms with Gasteiger partial charge in [0, 0.05) is 25.7 Å². The van der Waals surface area contributed by atoms with Crippen LogP contribution in [0.25, 0.3) is 0 Å². The summed E-state index contributed by atoms with van der Waals surface area (Å²) in [5.74, 6) is -27.4. The van der Waals surface area contributed by atoms with E-state index in [4.69, 9.17) is 40.3 Å². The summed E-state index contributed by atoms with van der Waals surface area (Å²) >= 11 is 5.35. The lowest BCUT2D eigenvalue weighted by atomic mass is 9.98. The van der Waals surface area contributed by atoms with Crippen LogP contribution in [0.3, 0.4) is 0 Å². The summed E-state index contributed by atoms with van der Waals surface area (Å²) in [5.41, 5.74) is 28.5. The number of hydrogen-bond acceptors (Lipinski definition) is 28. The average Bonchev–Trinajstić information content (AvgIpc) is 0.849. The zero-order valence-electron chi connectivity index (χ0n) is 83.1. The predicted molar refractivity (Wildman–Crippen MR) is 514 cm³/mol. The van der Waals surface area contributed by atoms with Gasteiger partial charge in [-0.1, -0.05) is 69.2 Å². The van der Waals surface area contributed by atoms with Crippen LogP contribution in [0.5, 0.6) is 0 Å². The Kier molecular flexibility index (Phi) is 65.4. The Bertz CT molecular complexity index is 4170. The Morgan fingerprint density at radius 2 is 0.401 bits per heavy atom. The van der Waals surface area contributed by atoms with Gasteiger partial charge in [0.15, 0.2) is 0 Å². The minimum Gasteiger partial charge on any atom is -0.481 e. The summed E-state index contributed by atoms with van der Waals surface area (Å²) in [7, 11) is 0. The predicted octanol–water partition coefficient (Wildman–Crippen LogP) is -6.70. The Morgan fingerprint density at radius 3 is 0.599 bits per heavy atom. The van der Waals surface area contributed by atoms with E-state index < -0.39 is 334 Å². The minimum absolute atomic E-state index is 0.0111. The van der Waals surface area contributed by atoms with Gasteiger partial charge in [0.1, 0.15) is 90.5 Å². The highest BCUT2D eigenvalue weighted by Crippen LogP contribution is 2.18. The van der Waals surface area contributed by atoms with E-state index in [0.29, 0.717) is 32.1 Å². The van der Waals surface area contributed by atoms with Gasteiger partial charge in [0.25, 0.3) is 0 Å². The molecule has 0 aromatic rings. The number of carbonyl (C=O) groups excluding carboxylic acids is 20. The van der Waals surface area contributed by atoms with E-state index >= 15 is 0 Å². The summed E-state index contributed by atoms with van der Waals surface area (Å²) in [4.78, 5) is 322. The summed E-state index contributed by atoms with van der Waals surface area (Å²) in [6, 6.07) is -22.0. The number of primary amides is 1. The van der Waals surface area contributed by atoms with Gasteiger partial charge in [-0.25, -0.2) is 0 Å². The fraction of sp³-hybridized carbons (Fsp3) is 0.730. The first-order valence-corrected chi connectivity index (χ1v) is 48.4. The first kappa shape index (κ1) is 129. The number of rotatable bonds is 77. The zero-order chi connectivity index (χ0) is 108. The lowest BCUT2D eigenvalue weighted by Crippen LogP contribution is -2.61. The maximum absolute atomic E-state index is 14.8. The molecule has 0 saturated carbocycles. The SMILES string of the molecule is CC(C)C[C@H](NC(=O)[C@H](CCC(=O)O)NC(=O)[C@H](CCC(=O)O)NC(=O)[C@H](C)NC(=O)CNC(=O)CNC(=O)CNC(=O)CNC(=O)CCl)C(=O)N[C@@H](CC(C)C)C(=O)N[C@@H](CCCCN)C(=O)N[C@@H](CCCCN)C(=O)N[C@@H](CC(C)C)C(=O)N[C@@H](CCC(=O)O)C(=O)N[C@@H](CCC(=O)O)C(=O)N[C@@H](CC(C)C)C(=O)N[C@@H](CC(C)C)C(=O)N[C@@H](CCCCN)C(=O)N[C@@H](CCCCN)C(=O)NCC(N)=O. The molecule has 0 heterocycles. The molecule has 0 spiro atoms. The molecule has 14 atom stereocenters. The van der Waals surface area contributed by atoms with Crippen molar-refractivity contribution in [2.45, 2.75) is 321 Å². The first-order valence-electron chi connectivity index (χ1n) is 47.8. The lowest BCUT2D eigenvalue weighted by molar-refractivity contribution is -0.140. The standard InChI is InChI=1S/C89H155ClN24O28/c1-47(2)36-61(87(140)109-58(25-29-73(123)124)82(135)108-60(27-31-75(127)128)84(137)112-65(40-51(9)10)89(142)113-62(37-48(3)4)85(138)105-54(21-13-17-33-92)78(131)103-53(20-12-16-32-91)77(130)100-42-66(95)115)110-80(133)56(23-15-19-35-94)104-79(132)55(22-14-18-34-93)106-86(139)63(38-49(5)6)114-88(141)64(39-50(7)8)111-83(136)59(26-30-74(125)126)107-81(134)57(24-28-72(121)122)102-76(129)52(11)101-71(120)46-99-70(119)45-98-69(118)44-97-68(117)43-96-67(116)41-90/h47-65H,12-46,91-94H2,1-11H3,(H2,95,115)(H,96,116)(H,97,117)(H,98,118)(H,99,119)(H,100,130)(H,101,120)(H,102,129)(H,103,131)(H,104,132)(H,105,138)(H,106,139)(H,107,134)(H,108,135)(H,109,140)(H,110,133)(H,111,136)(H,112,137)(H,113,142)(H,114,141)(H,121,122)(H,123,124)(H,125,126)(H,127,128)/t52-,53-,54-,55-,56-,57-,58-,59-,60-,61-,62-,63-,64-,65-/m0/s1. The number of halogens is 1. The minimum atomic E-state index is -1.86. The topological polar surface area (TPSA) is 849 Å². The van der Waals surface area contributed by atoms with Gasteiger partial charge in [0.05, 0.1) is 32.7 Å². The van der Waals surface area contributed by atoms with Crippen LogP contribution in [0.15, 0.2) is 0 Å². The number of carbonyl (C=O) groups is 24. The average molecular weight is 2040 g/mol. The van der Waals surface area contributed by atoms with E-state index in [1.807, 2.05) is 0 Å². The first-order chi connectivity index (χ1) is 66.7. The van der Waals surface area contributed by atoms with Crippen molar-refractivity contribution in [2.24, 2.45) is 58.3 Å². The summed E-state index contributed by atoms with van der Waals surface area (Å²) in [6.07, 6.45) is -4.16. The van der Waals surface area contributed by atoms with Crippen LogP contribution in [0, 0.1) is 29.6 Å². The van der Waals surface area contributed by atoms with E-state index in [9.17, 15) is 135 Å². The Balaban J connectivity index is 7.36. The van der Waals surface area contributed by atoms with Crippen molar-refractivity contribution in [3.8, 4) is 0 Å². The van der Waals surface area contributed by atoms with Gasteiger partial charge in [-0.2, -0.15) is 0 Å². The third kappa shape index (κ3) is 58.6. The number of amides is 20. The van der Waals surface area contributed by atoms with Gasteiger partial charge >= 0.3 is 23.9 Å². The van der Waals surface area contributed by atoms with Crippen molar-refractivity contribution in [1.82, 2.24) is 101 Å². The van der Waals surface area contributed by atoms with Gasteiger partial charge in [-0.15, -0.1) is 11.6 Å². The molecule has 53 heteroatoms. The quantitative estimate of drug-likeness (QED) is 0.0199. The summed E-state index contributed by atoms with van der Waals surface area (Å²) in [5, 5.41) is 85.6. The number of hydrogen-bond donors (Lipinski definition) is 28. The molecule has 0 unspecified atom stereocenters. The number of unbranched alkanes of at least 4 members (excludes halogenated alkanes) is 4. The Morgan fingerprint density at radius 1 is 0.218 bits per heavy atom. The fourth-order valence-corrected chi connectivity index (χ4v) is 14.0. The largest absolute Gasteiger partial charge is 0.481 e. The van der Waals surface area contributed by atoms with E-state index in [1.54, 1.807) is 69.2 Å². The third-order valence-corrected chi connectivity index (χ3v) is 21.5. The third-order valence-electron chi connectivity index (χ3n) is 21.3. The monoisotopic (exact) mass is 2040 g/mol. The highest BCUT2D eigenvalue weighted by Gasteiger charge is 2.40. The summed E-state index contributed by atoms with van der Waals surface area (Å²) in [6.45, 7) is 15.6. The molecule has 33 N–H and O–H groups in total. The molecular weight excluding hydrogens is 1890 g/mol. The van der Waals surface area contributed by atoms with Gasteiger partial charge in [0.2, 0.25) is 118 Å². The van der Waals surface area contributed by atoms with Crippen LogP contribution in [0.4, 0.5) is 0 Å². The summed E-state index contributed by atoms with van der Waals surface area (Å²) < 4.78 is 0. The van der Waals surface area contributed by atoms with Gasteiger partial charge in [-0.3, -0.25) is 115 Å². The maximum atomic E-state index is 14.8. The number of carboxylic acid groups (broad SMARTS) is 4. The van der Waals surface area contributed by atoms with Crippen molar-refractivity contribution in [3.05, 3.63) is 0 Å². The fourth-order valence-electron chi connectivity index (χ4n) is 13.9. The van der Waals surface area contributed by atoms with E-state index in [2.05, 4.69) is 101 Å². The molecule has 0 aliphatic carbocycles. The molecule has 0 aromatic carbocycles. The molecule has 52 nitrogen and oxygen atoms in total. The molecule has 806 valence electrons. The van der Waals surface area contributed by atoms with Gasteiger partial charge < -0.3 is 150 Å². The normalized spacial score (nSPS) is 14.1. The van der Waals surface area contributed by atoms with E-state index in [-0.39, 0.29) is 115 Å². The zero-order valence-corrected chi connectivity index (χ0v) is 83.8. The lowest BCUT2D eigenvalue weighted by Gasteiger charge is -2.29. The maximum Gasteiger partial charge on any atom is 0.303 e. The smallest absolute Gasteiger partial charge is 0.303 e. The van der Waals surface area contributed by atoms with Gasteiger partial charge in [-0.05, 0) is 198 Å². The van der Waals surface area contributed by atoms with Crippen molar-refractivity contribution in [2.75, 3.05) is 64.8 Å². The van der Waals surface area contributed by atoms with Crippen LogP contribution in [-0.4, -0.2) is 312 Å². The van der Waals surface area contributed by atoms with Crippen molar-refractivity contribution < 1.29 is 135 Å². The molecule has 0 saturated heterocycles. The van der Waals surface area contributed by atoms with Crippen LogP contribution in [0.1, 0.15) is 237 Å². The van der Waals surface area contributed by atoms with E-state index in [1.165, 1.54) is 0 Å². The van der Waals surface area contributed by atoms with Crippen molar-refractivity contribution >= 4 is 154 Å². The molecular formula is C89H155ClN24O28. The molecule has 0 aromatic heterocycles. The molecule has 0 aliphatic rings. The van der Waals surface area contributed by atoms with Crippen LogP contribution < -0.4 is 130 Å². The number of nitrogens with one attached hydrogen (secondary N) is 19. The molecule has 0 radical (unpaired) electrons. The second kappa shape index (κ2) is 71.8. The molecule has 0 aliphatic heterocycles. The second-order valence-electron chi connectivity index (χ2n) is 36.5. The Labute approximate surface area is 830 Å². The highest BCUT2D eigenvalue weighted by molar-refractivity contribution is 6.27. The van der Waals surface area contributed by atoms with Crippen molar-refractivity contribution in [3.63, 3.8) is 0 Å². The van der Waals surface area contributed by atoms with E-state index in [0.717, 1.165) is 6.92 Å². The highest BCUT2D eigenvalue weighted by atomic mass is 35.5. The number of carboxylic acids is 4.